The van der Waals surface area contributed by atoms with Gasteiger partial charge in [0, 0.05) is 11.1 Å². The summed E-state index contributed by atoms with van der Waals surface area (Å²) in [7, 11) is -3.58. The number of fused-ring (bicyclic) bond motifs is 1. The van der Waals surface area contributed by atoms with Crippen LogP contribution in [-0.2, 0) is 27.1 Å². The molecule has 0 bridgehead atoms. The summed E-state index contributed by atoms with van der Waals surface area (Å²) in [5.74, 6) is 0. The molecule has 0 saturated heterocycles. The minimum Gasteiger partial charge on any atom is -0.265 e. The van der Waals surface area contributed by atoms with Gasteiger partial charge in [-0.05, 0) is 12.1 Å². The molecule has 0 atom stereocenters. The predicted octanol–water partition coefficient (Wildman–Crippen LogP) is 2.79. The van der Waals surface area contributed by atoms with Crippen LogP contribution in [0.2, 0.25) is 0 Å². The van der Waals surface area contributed by atoms with Crippen LogP contribution < -0.4 is 0 Å². The Morgan fingerprint density at radius 3 is 2.63 bits per heavy atom. The van der Waals surface area contributed by atoms with Crippen LogP contribution in [0.3, 0.4) is 0 Å². The second-order valence-electron chi connectivity index (χ2n) is 3.78. The van der Waals surface area contributed by atoms with Crippen molar-refractivity contribution >= 4 is 31.7 Å². The zero-order valence-corrected chi connectivity index (χ0v) is 11.2. The SMILES string of the molecule is CS(=O)(=O)OCc1cc2ncc(C(F)(F)F)cc2s1. The first-order valence-corrected chi connectivity index (χ1v) is 7.58. The van der Waals surface area contributed by atoms with Crippen LogP contribution in [-0.4, -0.2) is 19.7 Å². The molecule has 104 valence electrons. The summed E-state index contributed by atoms with van der Waals surface area (Å²) < 4.78 is 64.0. The van der Waals surface area contributed by atoms with Gasteiger partial charge in [0.2, 0.25) is 0 Å². The van der Waals surface area contributed by atoms with Gasteiger partial charge in [-0.3, -0.25) is 9.17 Å². The van der Waals surface area contributed by atoms with Crippen LogP contribution in [0.4, 0.5) is 13.2 Å². The molecule has 2 aromatic rings. The number of rotatable bonds is 3. The Balaban J connectivity index is 2.31. The van der Waals surface area contributed by atoms with Crippen molar-refractivity contribution in [3.8, 4) is 0 Å². The Morgan fingerprint density at radius 1 is 1.37 bits per heavy atom. The lowest BCUT2D eigenvalue weighted by molar-refractivity contribution is -0.137. The van der Waals surface area contributed by atoms with Crippen molar-refractivity contribution in [3.63, 3.8) is 0 Å². The van der Waals surface area contributed by atoms with Crippen molar-refractivity contribution in [1.82, 2.24) is 4.98 Å². The van der Waals surface area contributed by atoms with Crippen LogP contribution >= 0.6 is 11.3 Å². The maximum absolute atomic E-state index is 12.5. The fraction of sp³-hybridized carbons (Fsp3) is 0.300. The van der Waals surface area contributed by atoms with Gasteiger partial charge in [-0.2, -0.15) is 21.6 Å². The molecule has 0 aliphatic rings. The van der Waals surface area contributed by atoms with Gasteiger partial charge >= 0.3 is 6.18 Å². The molecule has 19 heavy (non-hydrogen) atoms. The van der Waals surface area contributed by atoms with Crippen molar-refractivity contribution in [2.75, 3.05) is 6.26 Å². The topological polar surface area (TPSA) is 56.3 Å². The second kappa shape index (κ2) is 4.73. The highest BCUT2D eigenvalue weighted by molar-refractivity contribution is 7.85. The molecule has 2 aromatic heterocycles. The number of hydrogen-bond acceptors (Lipinski definition) is 5. The molecule has 2 heterocycles. The van der Waals surface area contributed by atoms with Crippen LogP contribution in [0, 0.1) is 0 Å². The Bertz CT molecular complexity index is 706. The molecule has 4 nitrogen and oxygen atoms in total. The summed E-state index contributed by atoms with van der Waals surface area (Å²) in [6.07, 6.45) is -2.80. The van der Waals surface area contributed by atoms with Crippen molar-refractivity contribution in [2.45, 2.75) is 12.8 Å². The van der Waals surface area contributed by atoms with E-state index in [1.807, 2.05) is 0 Å². The first-order valence-electron chi connectivity index (χ1n) is 4.95. The van der Waals surface area contributed by atoms with Crippen LogP contribution in [0.25, 0.3) is 10.2 Å². The summed E-state index contributed by atoms with van der Waals surface area (Å²) in [4.78, 5) is 4.19. The van der Waals surface area contributed by atoms with Gasteiger partial charge in [0.15, 0.2) is 0 Å². The van der Waals surface area contributed by atoms with Gasteiger partial charge in [-0.25, -0.2) is 0 Å². The van der Waals surface area contributed by atoms with E-state index in [4.69, 9.17) is 0 Å². The van der Waals surface area contributed by atoms with Gasteiger partial charge in [0.1, 0.15) is 6.61 Å². The minimum absolute atomic E-state index is 0.207. The maximum atomic E-state index is 12.5. The largest absolute Gasteiger partial charge is 0.417 e. The molecule has 0 unspecified atom stereocenters. The molecule has 0 saturated carbocycles. The zero-order chi connectivity index (χ0) is 14.3. The number of thiophene rings is 1. The molecule has 0 aliphatic carbocycles. The fourth-order valence-corrected chi connectivity index (χ4v) is 2.75. The monoisotopic (exact) mass is 311 g/mol. The van der Waals surface area contributed by atoms with E-state index in [0.29, 0.717) is 15.1 Å². The Kier molecular flexibility index (Phi) is 3.54. The van der Waals surface area contributed by atoms with Crippen molar-refractivity contribution in [1.29, 1.82) is 0 Å². The molecule has 0 N–H and O–H groups in total. The van der Waals surface area contributed by atoms with Gasteiger partial charge < -0.3 is 0 Å². The molecule has 0 aromatic carbocycles. The number of halogens is 3. The number of pyridine rings is 1. The van der Waals surface area contributed by atoms with Crippen molar-refractivity contribution < 1.29 is 25.8 Å². The molecule has 0 aliphatic heterocycles. The Hall–Kier alpha value is -1.19. The van der Waals surface area contributed by atoms with Gasteiger partial charge in [0.05, 0.1) is 22.0 Å². The second-order valence-corrected chi connectivity index (χ2v) is 6.60. The van der Waals surface area contributed by atoms with Gasteiger partial charge in [-0.15, -0.1) is 11.3 Å². The average molecular weight is 311 g/mol. The lowest BCUT2D eigenvalue weighted by Crippen LogP contribution is -2.04. The smallest absolute Gasteiger partial charge is 0.265 e. The summed E-state index contributed by atoms with van der Waals surface area (Å²) in [5.41, 5.74) is -0.456. The summed E-state index contributed by atoms with van der Waals surface area (Å²) in [6, 6.07) is 2.49. The summed E-state index contributed by atoms with van der Waals surface area (Å²) in [6.45, 7) is -0.207. The number of aromatic nitrogens is 1. The molecular weight excluding hydrogens is 303 g/mol. The lowest BCUT2D eigenvalue weighted by Gasteiger charge is -2.04. The molecular formula is C10H8F3NO3S2. The van der Waals surface area contributed by atoms with E-state index in [2.05, 4.69) is 9.17 Å². The number of nitrogens with zero attached hydrogens (tertiary/aromatic N) is 1. The van der Waals surface area contributed by atoms with Gasteiger partial charge in [0.25, 0.3) is 10.1 Å². The zero-order valence-electron chi connectivity index (χ0n) is 9.56. The average Bonchev–Trinajstić information content (AvgIpc) is 2.65. The molecule has 0 radical (unpaired) electrons. The maximum Gasteiger partial charge on any atom is 0.417 e. The standard InChI is InChI=1S/C10H8F3NO3S2/c1-19(15,16)17-5-7-3-8-9(18-7)2-6(4-14-8)10(11,12)13/h2-4H,5H2,1H3. The quantitative estimate of drug-likeness (QED) is 0.818. The minimum atomic E-state index is -4.45. The van der Waals surface area contributed by atoms with Crippen molar-refractivity contribution in [2.24, 2.45) is 0 Å². The molecule has 0 fully saturated rings. The molecule has 0 spiro atoms. The van der Waals surface area contributed by atoms with E-state index >= 15 is 0 Å². The van der Waals surface area contributed by atoms with Gasteiger partial charge in [-0.1, -0.05) is 0 Å². The number of hydrogen-bond donors (Lipinski definition) is 0. The first kappa shape index (κ1) is 14.2. The Labute approximate surface area is 111 Å². The van der Waals surface area contributed by atoms with E-state index in [1.54, 1.807) is 0 Å². The summed E-state index contributed by atoms with van der Waals surface area (Å²) in [5, 5.41) is 0. The number of alkyl halides is 3. The lowest BCUT2D eigenvalue weighted by atomic mass is 10.2. The van der Waals surface area contributed by atoms with Crippen LogP contribution in [0.5, 0.6) is 0 Å². The van der Waals surface area contributed by atoms with Crippen LogP contribution in [0.1, 0.15) is 10.4 Å². The highest BCUT2D eigenvalue weighted by Gasteiger charge is 2.31. The highest BCUT2D eigenvalue weighted by atomic mass is 32.2. The normalized spacial score (nSPS) is 13.1. The van der Waals surface area contributed by atoms with E-state index in [-0.39, 0.29) is 6.61 Å². The van der Waals surface area contributed by atoms with E-state index in [0.717, 1.165) is 29.9 Å². The van der Waals surface area contributed by atoms with Crippen LogP contribution in [0.15, 0.2) is 18.3 Å². The van der Waals surface area contributed by atoms with E-state index < -0.39 is 21.9 Å². The predicted molar refractivity (Wildman–Crippen MR) is 64.3 cm³/mol. The Morgan fingerprint density at radius 2 is 2.05 bits per heavy atom. The fourth-order valence-electron chi connectivity index (χ4n) is 1.36. The van der Waals surface area contributed by atoms with E-state index in [1.165, 1.54) is 6.07 Å². The third-order valence-corrected chi connectivity index (χ3v) is 3.75. The molecule has 0 amide bonds. The summed E-state index contributed by atoms with van der Waals surface area (Å²) >= 11 is 1.02. The first-order chi connectivity index (χ1) is 8.65. The molecule has 2 rings (SSSR count). The highest BCUT2D eigenvalue weighted by Crippen LogP contribution is 2.33. The third-order valence-electron chi connectivity index (χ3n) is 2.16. The third kappa shape index (κ3) is 3.64. The molecule has 9 heteroatoms. The van der Waals surface area contributed by atoms with E-state index in [9.17, 15) is 21.6 Å². The van der Waals surface area contributed by atoms with Crippen molar-refractivity contribution in [3.05, 3.63) is 28.8 Å².